The lowest BCUT2D eigenvalue weighted by Gasteiger charge is -2.23. The Morgan fingerprint density at radius 2 is 1.87 bits per heavy atom. The molecule has 170 valence electrons. The molecule has 2 aromatic rings. The van der Waals surface area contributed by atoms with Crippen LogP contribution in [0.5, 0.6) is 0 Å². The SMILES string of the molecule is Cc1cc(C)cc(N(CCCC(=O)NCCSCc2c(F)cccc2Cl)S(C)(=O)=O)c1. The second-order valence-corrected chi connectivity index (χ2v) is 10.8. The van der Waals surface area contributed by atoms with Crippen molar-refractivity contribution in [1.29, 1.82) is 0 Å². The molecule has 0 bridgehead atoms. The van der Waals surface area contributed by atoms with Crippen molar-refractivity contribution in [2.45, 2.75) is 32.4 Å². The summed E-state index contributed by atoms with van der Waals surface area (Å²) in [5.41, 5.74) is 3.04. The van der Waals surface area contributed by atoms with Crippen LogP contribution in [0.1, 0.15) is 29.5 Å². The zero-order valence-corrected chi connectivity index (χ0v) is 20.3. The van der Waals surface area contributed by atoms with Crippen molar-refractivity contribution in [2.24, 2.45) is 0 Å². The molecule has 0 atom stereocenters. The van der Waals surface area contributed by atoms with Gasteiger partial charge in [0.1, 0.15) is 5.82 Å². The smallest absolute Gasteiger partial charge is 0.232 e. The summed E-state index contributed by atoms with van der Waals surface area (Å²) in [5, 5.41) is 3.21. The average Bonchev–Trinajstić information content (AvgIpc) is 2.65. The number of carbonyl (C=O) groups is 1. The summed E-state index contributed by atoms with van der Waals surface area (Å²) in [6.07, 6.45) is 1.80. The normalized spacial score (nSPS) is 11.4. The Morgan fingerprint density at radius 1 is 1.19 bits per heavy atom. The topological polar surface area (TPSA) is 66.5 Å². The second-order valence-electron chi connectivity index (χ2n) is 7.39. The van der Waals surface area contributed by atoms with Crippen molar-refractivity contribution >= 4 is 45.0 Å². The Bertz CT molecular complexity index is 975. The van der Waals surface area contributed by atoms with Gasteiger partial charge in [-0.1, -0.05) is 23.7 Å². The maximum atomic E-state index is 13.7. The summed E-state index contributed by atoms with van der Waals surface area (Å²) >= 11 is 7.48. The first kappa shape index (κ1) is 25.5. The van der Waals surface area contributed by atoms with Crippen molar-refractivity contribution < 1.29 is 17.6 Å². The third kappa shape index (κ3) is 8.35. The van der Waals surface area contributed by atoms with Crippen LogP contribution in [0.4, 0.5) is 10.1 Å². The van der Waals surface area contributed by atoms with Crippen LogP contribution in [0.15, 0.2) is 36.4 Å². The largest absolute Gasteiger partial charge is 0.355 e. The molecule has 0 heterocycles. The molecule has 31 heavy (non-hydrogen) atoms. The van der Waals surface area contributed by atoms with E-state index in [1.54, 1.807) is 12.1 Å². The van der Waals surface area contributed by atoms with Crippen molar-refractivity contribution in [3.05, 3.63) is 63.9 Å². The molecule has 0 saturated carbocycles. The number of nitrogens with one attached hydrogen (secondary N) is 1. The van der Waals surface area contributed by atoms with Gasteiger partial charge in [-0.05, 0) is 55.7 Å². The first-order chi connectivity index (χ1) is 14.6. The van der Waals surface area contributed by atoms with Gasteiger partial charge in [0.05, 0.1) is 11.9 Å². The molecule has 9 heteroatoms. The molecule has 0 unspecified atom stereocenters. The fraction of sp³-hybridized carbons (Fsp3) is 0.409. The van der Waals surface area contributed by atoms with Crippen molar-refractivity contribution in [1.82, 2.24) is 5.32 Å². The van der Waals surface area contributed by atoms with Gasteiger partial charge in [0.15, 0.2) is 0 Å². The number of aryl methyl sites for hydroxylation is 2. The van der Waals surface area contributed by atoms with E-state index in [0.717, 1.165) is 11.1 Å². The number of nitrogens with zero attached hydrogens (tertiary/aromatic N) is 1. The summed E-state index contributed by atoms with van der Waals surface area (Å²) in [4.78, 5) is 12.1. The lowest BCUT2D eigenvalue weighted by atomic mass is 10.1. The Hall–Kier alpha value is -1.77. The molecule has 0 saturated heterocycles. The van der Waals surface area contributed by atoms with Crippen LogP contribution in [0.25, 0.3) is 0 Å². The van der Waals surface area contributed by atoms with E-state index in [1.165, 1.54) is 28.4 Å². The molecule has 1 amide bonds. The van der Waals surface area contributed by atoms with Gasteiger partial charge in [-0.3, -0.25) is 9.10 Å². The van der Waals surface area contributed by atoms with Crippen LogP contribution < -0.4 is 9.62 Å². The van der Waals surface area contributed by atoms with Crippen LogP contribution in [-0.4, -0.2) is 39.4 Å². The summed E-state index contributed by atoms with van der Waals surface area (Å²) in [7, 11) is -3.45. The summed E-state index contributed by atoms with van der Waals surface area (Å²) < 4.78 is 39.5. The minimum atomic E-state index is -3.45. The Morgan fingerprint density at radius 3 is 2.48 bits per heavy atom. The number of hydrogen-bond acceptors (Lipinski definition) is 4. The van der Waals surface area contributed by atoms with Gasteiger partial charge >= 0.3 is 0 Å². The zero-order chi connectivity index (χ0) is 23.0. The zero-order valence-electron chi connectivity index (χ0n) is 18.0. The van der Waals surface area contributed by atoms with Crippen LogP contribution >= 0.6 is 23.4 Å². The fourth-order valence-electron chi connectivity index (χ4n) is 3.16. The number of rotatable bonds is 11. The van der Waals surface area contributed by atoms with Gasteiger partial charge in [0.2, 0.25) is 15.9 Å². The van der Waals surface area contributed by atoms with Gasteiger partial charge in [0, 0.05) is 41.6 Å². The van der Waals surface area contributed by atoms with Gasteiger partial charge in [-0.2, -0.15) is 11.8 Å². The molecule has 0 aliphatic heterocycles. The van der Waals surface area contributed by atoms with E-state index in [1.807, 2.05) is 32.0 Å². The van der Waals surface area contributed by atoms with Crippen LogP contribution in [0.3, 0.4) is 0 Å². The van der Waals surface area contributed by atoms with Gasteiger partial charge in [-0.25, -0.2) is 12.8 Å². The number of anilines is 1. The highest BCUT2D eigenvalue weighted by Crippen LogP contribution is 2.24. The molecule has 0 aliphatic carbocycles. The minimum absolute atomic E-state index is 0.140. The van der Waals surface area contributed by atoms with Crippen molar-refractivity contribution in [2.75, 3.05) is 29.4 Å². The standard InChI is InChI=1S/C22H28ClFN2O3S2/c1-16-12-17(2)14-18(13-16)26(31(3,28)29)10-5-8-22(27)25-9-11-30-15-19-20(23)6-4-7-21(19)24/h4,6-7,12-14H,5,8-11,15H2,1-3H3,(H,25,27). The number of thioether (sulfide) groups is 1. The molecule has 5 nitrogen and oxygen atoms in total. The van der Waals surface area contributed by atoms with Crippen LogP contribution in [0, 0.1) is 19.7 Å². The molecule has 0 aromatic heterocycles. The van der Waals surface area contributed by atoms with Gasteiger partial charge in [0.25, 0.3) is 0 Å². The molecular weight excluding hydrogens is 459 g/mol. The second kappa shape index (κ2) is 11.7. The third-order valence-electron chi connectivity index (χ3n) is 4.54. The molecule has 2 aromatic carbocycles. The highest BCUT2D eigenvalue weighted by Gasteiger charge is 2.18. The number of halogens is 2. The summed E-state index contributed by atoms with van der Waals surface area (Å²) in [6, 6.07) is 10.2. The molecular formula is C22H28ClFN2O3S2. The highest BCUT2D eigenvalue weighted by atomic mass is 35.5. The number of amides is 1. The molecule has 2 rings (SSSR count). The number of hydrogen-bond donors (Lipinski definition) is 1. The van der Waals surface area contributed by atoms with Crippen LogP contribution in [0.2, 0.25) is 5.02 Å². The first-order valence-electron chi connectivity index (χ1n) is 9.91. The summed E-state index contributed by atoms with van der Waals surface area (Å²) in [6.45, 7) is 4.52. The van der Waals surface area contributed by atoms with E-state index in [-0.39, 0.29) is 24.7 Å². The molecule has 1 N–H and O–H groups in total. The first-order valence-corrected chi connectivity index (χ1v) is 13.3. The number of sulfonamides is 1. The van der Waals surface area contributed by atoms with E-state index >= 15 is 0 Å². The molecule has 0 fully saturated rings. The average molecular weight is 487 g/mol. The van der Waals surface area contributed by atoms with E-state index in [2.05, 4.69) is 5.32 Å². The Kier molecular flexibility index (Phi) is 9.65. The quantitative estimate of drug-likeness (QED) is 0.468. The third-order valence-corrected chi connectivity index (χ3v) is 7.07. The number of benzene rings is 2. The van der Waals surface area contributed by atoms with E-state index in [4.69, 9.17) is 11.6 Å². The predicted molar refractivity (Wildman–Crippen MR) is 128 cm³/mol. The Balaban J connectivity index is 1.76. The molecule has 0 aliphatic rings. The predicted octanol–water partition coefficient (Wildman–Crippen LogP) is 4.69. The lowest BCUT2D eigenvalue weighted by molar-refractivity contribution is -0.121. The number of carbonyl (C=O) groups excluding carboxylic acids is 1. The van der Waals surface area contributed by atoms with Crippen molar-refractivity contribution in [3.63, 3.8) is 0 Å². The molecule has 0 spiro atoms. The Labute approximate surface area is 193 Å². The minimum Gasteiger partial charge on any atom is -0.355 e. The fourth-order valence-corrected chi connectivity index (χ4v) is 5.31. The van der Waals surface area contributed by atoms with E-state index < -0.39 is 10.0 Å². The van der Waals surface area contributed by atoms with Gasteiger partial charge < -0.3 is 5.32 Å². The maximum Gasteiger partial charge on any atom is 0.232 e. The maximum absolute atomic E-state index is 13.7. The highest BCUT2D eigenvalue weighted by molar-refractivity contribution is 7.98. The molecule has 0 radical (unpaired) electrons. The lowest BCUT2D eigenvalue weighted by Crippen LogP contribution is -2.32. The van der Waals surface area contributed by atoms with Crippen molar-refractivity contribution in [3.8, 4) is 0 Å². The van der Waals surface area contributed by atoms with Crippen LogP contribution in [-0.2, 0) is 20.6 Å². The van der Waals surface area contributed by atoms with Gasteiger partial charge in [-0.15, -0.1) is 0 Å². The summed E-state index contributed by atoms with van der Waals surface area (Å²) in [5.74, 6) is 0.580. The van der Waals surface area contributed by atoms with E-state index in [9.17, 15) is 17.6 Å². The van der Waals surface area contributed by atoms with E-state index in [0.29, 0.717) is 40.7 Å². The monoisotopic (exact) mass is 486 g/mol.